The van der Waals surface area contributed by atoms with Crippen molar-refractivity contribution in [3.63, 3.8) is 0 Å². The second-order valence-corrected chi connectivity index (χ2v) is 6.75. The molecule has 0 aromatic heterocycles. The topological polar surface area (TPSA) is 106 Å². The van der Waals surface area contributed by atoms with Crippen molar-refractivity contribution in [3.05, 3.63) is 0 Å². The van der Waals surface area contributed by atoms with Crippen molar-refractivity contribution in [2.45, 2.75) is 27.7 Å². The first-order chi connectivity index (χ1) is 12.4. The molecule has 0 atom stereocenters. The maximum Gasteiger partial charge on any atom is 0.222 e. The van der Waals surface area contributed by atoms with E-state index in [0.717, 1.165) is 6.54 Å². The smallest absolute Gasteiger partial charge is 0.222 e. The molecule has 0 heterocycles. The lowest BCUT2D eigenvalue weighted by atomic mass is 10.2. The number of nitrogens with two attached hydrogens (primary N) is 1. The van der Waals surface area contributed by atoms with Crippen molar-refractivity contribution < 1.29 is 19.1 Å². The van der Waals surface area contributed by atoms with Crippen LogP contribution in [-0.2, 0) is 19.1 Å². The minimum absolute atomic E-state index is 0.0226. The fraction of sp³-hybridized carbons (Fsp3) is 0.889. The van der Waals surface area contributed by atoms with Crippen LogP contribution in [0.4, 0.5) is 0 Å². The summed E-state index contributed by atoms with van der Waals surface area (Å²) in [6, 6.07) is 0. The van der Waals surface area contributed by atoms with E-state index >= 15 is 0 Å². The minimum atomic E-state index is -0.0226. The van der Waals surface area contributed by atoms with Crippen LogP contribution in [0.1, 0.15) is 27.7 Å². The molecule has 0 rings (SSSR count). The van der Waals surface area contributed by atoms with Gasteiger partial charge in [0, 0.05) is 51.1 Å². The number of ether oxygens (including phenoxy) is 2. The van der Waals surface area contributed by atoms with Crippen LogP contribution in [0.25, 0.3) is 0 Å². The van der Waals surface area contributed by atoms with Crippen LogP contribution in [0.2, 0.25) is 0 Å². The van der Waals surface area contributed by atoms with Crippen molar-refractivity contribution in [1.29, 1.82) is 0 Å². The molecule has 0 radical (unpaired) electrons. The Balaban J connectivity index is 4.10. The molecule has 0 fully saturated rings. The predicted octanol–water partition coefficient (Wildman–Crippen LogP) is -0.175. The lowest BCUT2D eigenvalue weighted by molar-refractivity contribution is -0.124. The van der Waals surface area contributed by atoms with Gasteiger partial charge in [-0.15, -0.1) is 0 Å². The number of rotatable bonds is 16. The number of hydrogen-bond donors (Lipinski definition) is 3. The van der Waals surface area contributed by atoms with Gasteiger partial charge in [-0.1, -0.05) is 27.7 Å². The lowest BCUT2D eigenvalue weighted by Crippen LogP contribution is -2.42. The average molecular weight is 375 g/mol. The second kappa shape index (κ2) is 16.0. The molecule has 8 heteroatoms. The predicted molar refractivity (Wildman–Crippen MR) is 103 cm³/mol. The van der Waals surface area contributed by atoms with Gasteiger partial charge in [0.2, 0.25) is 11.8 Å². The number of carbonyl (C=O) groups excluding carboxylic acids is 2. The molecule has 0 aliphatic rings. The molecule has 26 heavy (non-hydrogen) atoms. The Morgan fingerprint density at radius 1 is 0.808 bits per heavy atom. The van der Waals surface area contributed by atoms with Gasteiger partial charge in [-0.05, 0) is 0 Å². The van der Waals surface area contributed by atoms with Crippen molar-refractivity contribution in [3.8, 4) is 0 Å². The van der Waals surface area contributed by atoms with Gasteiger partial charge >= 0.3 is 0 Å². The van der Waals surface area contributed by atoms with E-state index in [2.05, 4.69) is 15.5 Å². The first-order valence-electron chi connectivity index (χ1n) is 9.51. The van der Waals surface area contributed by atoms with Gasteiger partial charge in [0.15, 0.2) is 0 Å². The van der Waals surface area contributed by atoms with Crippen molar-refractivity contribution in [1.82, 2.24) is 15.5 Å². The largest absolute Gasteiger partial charge is 0.378 e. The number of carbonyl (C=O) groups is 2. The van der Waals surface area contributed by atoms with Gasteiger partial charge < -0.3 is 25.8 Å². The summed E-state index contributed by atoms with van der Waals surface area (Å²) in [5.41, 5.74) is 5.35. The van der Waals surface area contributed by atoms with Crippen molar-refractivity contribution in [2.24, 2.45) is 17.6 Å². The Morgan fingerprint density at radius 3 is 1.69 bits per heavy atom. The normalized spacial score (nSPS) is 11.4. The van der Waals surface area contributed by atoms with E-state index < -0.39 is 0 Å². The van der Waals surface area contributed by atoms with Crippen LogP contribution in [-0.4, -0.2) is 82.4 Å². The van der Waals surface area contributed by atoms with Gasteiger partial charge in [-0.25, -0.2) is 0 Å². The average Bonchev–Trinajstić information content (AvgIpc) is 2.59. The molecule has 0 aromatic rings. The molecule has 4 N–H and O–H groups in total. The third-order valence-electron chi connectivity index (χ3n) is 3.69. The third-order valence-corrected chi connectivity index (χ3v) is 3.69. The number of hydrogen-bond acceptors (Lipinski definition) is 6. The van der Waals surface area contributed by atoms with Crippen LogP contribution in [0, 0.1) is 11.8 Å². The molecule has 0 saturated heterocycles. The molecule has 0 aliphatic heterocycles. The maximum atomic E-state index is 11.7. The standard InChI is InChI=1S/C18H38N4O4/c1-15(2)17(23)20-6-8-22(9-7-21-18(24)16(3)4)10-12-26-14-13-25-11-5-19/h15-16H,5-14,19H2,1-4H3,(H,20,23)(H,21,24). The Bertz CT molecular complexity index is 352. The van der Waals surface area contributed by atoms with Crippen LogP contribution < -0.4 is 16.4 Å². The molecular weight excluding hydrogens is 336 g/mol. The van der Waals surface area contributed by atoms with Crippen LogP contribution >= 0.6 is 0 Å². The summed E-state index contributed by atoms with van der Waals surface area (Å²) >= 11 is 0. The van der Waals surface area contributed by atoms with E-state index in [9.17, 15) is 9.59 Å². The highest BCUT2D eigenvalue weighted by molar-refractivity contribution is 5.78. The molecule has 0 aliphatic carbocycles. The summed E-state index contributed by atoms with van der Waals surface area (Å²) in [6.45, 7) is 13.5. The van der Waals surface area contributed by atoms with E-state index in [1.807, 2.05) is 27.7 Å². The Kier molecular flexibility index (Phi) is 15.2. The molecule has 8 nitrogen and oxygen atoms in total. The molecule has 0 spiro atoms. The van der Waals surface area contributed by atoms with E-state index in [1.165, 1.54) is 0 Å². The zero-order chi connectivity index (χ0) is 19.8. The highest BCUT2D eigenvalue weighted by atomic mass is 16.5. The molecule has 0 saturated carbocycles. The number of nitrogens with one attached hydrogen (secondary N) is 2. The summed E-state index contributed by atoms with van der Waals surface area (Å²) in [7, 11) is 0. The van der Waals surface area contributed by atoms with Gasteiger partial charge in [0.25, 0.3) is 0 Å². The molecule has 154 valence electrons. The molecule has 2 amide bonds. The number of nitrogens with zero attached hydrogens (tertiary/aromatic N) is 1. The van der Waals surface area contributed by atoms with Crippen LogP contribution in [0.15, 0.2) is 0 Å². The quantitative estimate of drug-likeness (QED) is 0.324. The SMILES string of the molecule is CC(C)C(=O)NCCN(CCNC(=O)C(C)C)CCOCCOCCN. The highest BCUT2D eigenvalue weighted by Crippen LogP contribution is 1.93. The van der Waals surface area contributed by atoms with E-state index in [1.54, 1.807) is 0 Å². The fourth-order valence-corrected chi connectivity index (χ4v) is 2.02. The van der Waals surface area contributed by atoms with E-state index in [0.29, 0.717) is 59.2 Å². The molecular formula is C18H38N4O4. The third kappa shape index (κ3) is 14.0. The number of amides is 2. The summed E-state index contributed by atoms with van der Waals surface area (Å²) < 4.78 is 10.8. The van der Waals surface area contributed by atoms with Gasteiger partial charge in [-0.2, -0.15) is 0 Å². The monoisotopic (exact) mass is 374 g/mol. The molecule has 0 bridgehead atoms. The zero-order valence-corrected chi connectivity index (χ0v) is 16.9. The second-order valence-electron chi connectivity index (χ2n) is 6.75. The van der Waals surface area contributed by atoms with Gasteiger partial charge in [-0.3, -0.25) is 14.5 Å². The summed E-state index contributed by atoms with van der Waals surface area (Å²) in [5.74, 6) is 0.0500. The zero-order valence-electron chi connectivity index (χ0n) is 16.9. The van der Waals surface area contributed by atoms with Gasteiger partial charge in [0.1, 0.15) is 0 Å². The Hall–Kier alpha value is -1.22. The maximum absolute atomic E-state index is 11.7. The Labute approximate surface area is 158 Å². The lowest BCUT2D eigenvalue weighted by Gasteiger charge is -2.23. The first-order valence-corrected chi connectivity index (χ1v) is 9.51. The van der Waals surface area contributed by atoms with Crippen molar-refractivity contribution >= 4 is 11.8 Å². The van der Waals surface area contributed by atoms with E-state index in [-0.39, 0.29) is 23.7 Å². The summed E-state index contributed by atoms with van der Waals surface area (Å²) in [5, 5.41) is 5.83. The summed E-state index contributed by atoms with van der Waals surface area (Å²) in [4.78, 5) is 25.5. The summed E-state index contributed by atoms with van der Waals surface area (Å²) in [6.07, 6.45) is 0. The van der Waals surface area contributed by atoms with E-state index in [4.69, 9.17) is 15.2 Å². The van der Waals surface area contributed by atoms with Crippen LogP contribution in [0.5, 0.6) is 0 Å². The molecule has 0 aromatic carbocycles. The molecule has 0 unspecified atom stereocenters. The van der Waals surface area contributed by atoms with Gasteiger partial charge in [0.05, 0.1) is 26.4 Å². The van der Waals surface area contributed by atoms with Crippen LogP contribution in [0.3, 0.4) is 0 Å². The van der Waals surface area contributed by atoms with Crippen molar-refractivity contribution in [2.75, 3.05) is 65.7 Å². The Morgan fingerprint density at radius 2 is 1.27 bits per heavy atom. The fourth-order valence-electron chi connectivity index (χ4n) is 2.02. The minimum Gasteiger partial charge on any atom is -0.378 e. The first kappa shape index (κ1) is 24.8. The highest BCUT2D eigenvalue weighted by Gasteiger charge is 2.10.